The largest absolute Gasteiger partial charge is 0.472 e. The van der Waals surface area contributed by atoms with Gasteiger partial charge in [-0.3, -0.25) is 0 Å². The minimum atomic E-state index is -4.40. The first-order chi connectivity index (χ1) is 12.4. The molecule has 0 aliphatic heterocycles. The van der Waals surface area contributed by atoms with E-state index in [-0.39, 0.29) is 6.61 Å². The first kappa shape index (κ1) is 18.2. The van der Waals surface area contributed by atoms with E-state index in [1.54, 1.807) is 19.3 Å². The van der Waals surface area contributed by atoms with E-state index in [1.165, 1.54) is 18.4 Å². The van der Waals surface area contributed by atoms with Crippen LogP contribution in [0.2, 0.25) is 0 Å². The molecule has 0 aliphatic carbocycles. The molecular formula is C18H14F3NO3S. The van der Waals surface area contributed by atoms with Gasteiger partial charge in [0.05, 0.1) is 30.4 Å². The molecule has 2 heterocycles. The normalized spacial score (nSPS) is 11.5. The Morgan fingerprint density at radius 2 is 1.96 bits per heavy atom. The van der Waals surface area contributed by atoms with E-state index in [2.05, 4.69) is 4.98 Å². The van der Waals surface area contributed by atoms with Crippen LogP contribution in [0.3, 0.4) is 0 Å². The molecule has 0 N–H and O–H groups in total. The van der Waals surface area contributed by atoms with E-state index < -0.39 is 17.7 Å². The minimum Gasteiger partial charge on any atom is -0.472 e. The van der Waals surface area contributed by atoms with E-state index in [0.29, 0.717) is 27.6 Å². The smallest absolute Gasteiger partial charge is 0.416 e. The van der Waals surface area contributed by atoms with Gasteiger partial charge in [-0.05, 0) is 30.7 Å². The maximum Gasteiger partial charge on any atom is 0.416 e. The quantitative estimate of drug-likeness (QED) is 0.571. The fraction of sp³-hybridized carbons (Fsp3) is 0.222. The van der Waals surface area contributed by atoms with Crippen molar-refractivity contribution >= 4 is 17.3 Å². The average molecular weight is 381 g/mol. The fourth-order valence-electron chi connectivity index (χ4n) is 2.34. The van der Waals surface area contributed by atoms with Crippen LogP contribution in [0.5, 0.6) is 0 Å². The number of carbonyl (C=O) groups is 1. The number of hydrogen-bond acceptors (Lipinski definition) is 5. The molecule has 0 bridgehead atoms. The Morgan fingerprint density at radius 3 is 2.54 bits per heavy atom. The van der Waals surface area contributed by atoms with Crippen LogP contribution < -0.4 is 0 Å². The number of ether oxygens (including phenoxy) is 1. The van der Waals surface area contributed by atoms with Crippen molar-refractivity contribution in [3.63, 3.8) is 0 Å². The molecule has 3 rings (SSSR count). The molecule has 26 heavy (non-hydrogen) atoms. The molecule has 1 aromatic carbocycles. The highest BCUT2D eigenvalue weighted by Gasteiger charge is 2.30. The van der Waals surface area contributed by atoms with E-state index in [4.69, 9.17) is 9.15 Å². The summed E-state index contributed by atoms with van der Waals surface area (Å²) in [6.45, 7) is 1.92. The number of furan rings is 1. The number of thiazole rings is 1. The molecule has 0 saturated heterocycles. The van der Waals surface area contributed by atoms with Gasteiger partial charge in [0.1, 0.15) is 9.88 Å². The Hall–Kier alpha value is -2.61. The van der Waals surface area contributed by atoms with Crippen molar-refractivity contribution in [2.45, 2.75) is 19.5 Å². The SMILES string of the molecule is CCOC(=O)c1sc(-c2ccc(C(F)(F)F)cc2)nc1Cc1ccoc1. The number of halogens is 3. The molecule has 0 unspecified atom stereocenters. The minimum absolute atomic E-state index is 0.220. The summed E-state index contributed by atoms with van der Waals surface area (Å²) in [7, 11) is 0. The number of hydrogen-bond donors (Lipinski definition) is 0. The molecular weight excluding hydrogens is 367 g/mol. The van der Waals surface area contributed by atoms with Crippen LogP contribution in [-0.4, -0.2) is 17.6 Å². The number of nitrogens with zero attached hydrogens (tertiary/aromatic N) is 1. The summed E-state index contributed by atoms with van der Waals surface area (Å²) in [6.07, 6.45) is -0.972. The molecule has 0 spiro atoms. The van der Waals surface area contributed by atoms with Gasteiger partial charge < -0.3 is 9.15 Å². The highest BCUT2D eigenvalue weighted by atomic mass is 32.1. The monoisotopic (exact) mass is 381 g/mol. The third kappa shape index (κ3) is 3.96. The Morgan fingerprint density at radius 1 is 1.23 bits per heavy atom. The molecule has 0 atom stereocenters. The number of carbonyl (C=O) groups excluding carboxylic acids is 1. The zero-order valence-corrected chi connectivity index (χ0v) is 14.5. The summed E-state index contributed by atoms with van der Waals surface area (Å²) in [4.78, 5) is 17.0. The van der Waals surface area contributed by atoms with Gasteiger partial charge in [0.2, 0.25) is 0 Å². The van der Waals surface area contributed by atoms with Gasteiger partial charge in [-0.25, -0.2) is 9.78 Å². The highest BCUT2D eigenvalue weighted by molar-refractivity contribution is 7.17. The summed E-state index contributed by atoms with van der Waals surface area (Å²) >= 11 is 1.10. The molecule has 0 fully saturated rings. The number of esters is 1. The molecule has 4 nitrogen and oxygen atoms in total. The average Bonchev–Trinajstić information content (AvgIpc) is 3.25. The van der Waals surface area contributed by atoms with Crippen LogP contribution in [0, 0.1) is 0 Å². The number of rotatable bonds is 5. The summed E-state index contributed by atoms with van der Waals surface area (Å²) in [5.74, 6) is -0.498. The van der Waals surface area contributed by atoms with Gasteiger partial charge >= 0.3 is 12.1 Å². The zero-order chi connectivity index (χ0) is 18.7. The fourth-order valence-corrected chi connectivity index (χ4v) is 3.32. The molecule has 3 aromatic rings. The molecule has 136 valence electrons. The molecule has 0 amide bonds. The van der Waals surface area contributed by atoms with Gasteiger partial charge in [0.25, 0.3) is 0 Å². The molecule has 0 radical (unpaired) electrons. The summed E-state index contributed by atoms with van der Waals surface area (Å²) < 4.78 is 48.2. The molecule has 8 heteroatoms. The highest BCUT2D eigenvalue weighted by Crippen LogP contribution is 2.33. The molecule has 0 saturated carbocycles. The second-order valence-electron chi connectivity index (χ2n) is 5.40. The second-order valence-corrected chi connectivity index (χ2v) is 6.40. The third-order valence-corrected chi connectivity index (χ3v) is 4.70. The predicted octanol–water partition coefficient (Wildman–Crippen LogP) is 5.19. The maximum atomic E-state index is 12.7. The lowest BCUT2D eigenvalue weighted by molar-refractivity contribution is -0.137. The van der Waals surface area contributed by atoms with Crippen LogP contribution in [0.4, 0.5) is 13.2 Å². The van der Waals surface area contributed by atoms with Crippen molar-refractivity contribution in [2.75, 3.05) is 6.61 Å². The Balaban J connectivity index is 1.95. The lowest BCUT2D eigenvalue weighted by Gasteiger charge is -2.06. The van der Waals surface area contributed by atoms with E-state index in [0.717, 1.165) is 29.0 Å². The van der Waals surface area contributed by atoms with Crippen LogP contribution in [0.15, 0.2) is 47.3 Å². The van der Waals surface area contributed by atoms with Gasteiger partial charge in [0.15, 0.2) is 0 Å². The number of benzene rings is 1. The van der Waals surface area contributed by atoms with Gasteiger partial charge in [-0.15, -0.1) is 11.3 Å². The zero-order valence-electron chi connectivity index (χ0n) is 13.7. The summed E-state index contributed by atoms with van der Waals surface area (Å²) in [6, 6.07) is 6.44. The standard InChI is InChI=1S/C18H14F3NO3S/c1-2-25-17(23)15-14(9-11-7-8-24-10-11)22-16(26-15)12-3-5-13(6-4-12)18(19,20)21/h3-8,10H,2,9H2,1H3. The van der Waals surface area contributed by atoms with Crippen molar-refractivity contribution in [2.24, 2.45) is 0 Å². The van der Waals surface area contributed by atoms with Crippen LogP contribution in [0.25, 0.3) is 10.6 Å². The lowest BCUT2D eigenvalue weighted by Crippen LogP contribution is -2.05. The Bertz CT molecular complexity index is 884. The first-order valence-corrected chi connectivity index (χ1v) is 8.55. The van der Waals surface area contributed by atoms with E-state index in [9.17, 15) is 18.0 Å². The Kier molecular flexibility index (Phi) is 5.13. The topological polar surface area (TPSA) is 52.3 Å². The predicted molar refractivity (Wildman–Crippen MR) is 90.0 cm³/mol. The van der Waals surface area contributed by atoms with Crippen molar-refractivity contribution in [3.05, 3.63) is 64.6 Å². The van der Waals surface area contributed by atoms with Crippen LogP contribution in [-0.2, 0) is 17.3 Å². The Labute approximate surface area is 151 Å². The van der Waals surface area contributed by atoms with Crippen LogP contribution in [0.1, 0.15) is 33.4 Å². The number of aromatic nitrogens is 1. The second kappa shape index (κ2) is 7.33. The van der Waals surface area contributed by atoms with Gasteiger partial charge in [-0.2, -0.15) is 13.2 Å². The van der Waals surface area contributed by atoms with Crippen LogP contribution >= 0.6 is 11.3 Å². The van der Waals surface area contributed by atoms with Crippen molar-refractivity contribution in [1.82, 2.24) is 4.98 Å². The van der Waals surface area contributed by atoms with Gasteiger partial charge in [0, 0.05) is 12.0 Å². The number of alkyl halides is 3. The first-order valence-electron chi connectivity index (χ1n) is 7.74. The maximum absolute atomic E-state index is 12.7. The summed E-state index contributed by atoms with van der Waals surface area (Å²) in [5, 5.41) is 0.459. The van der Waals surface area contributed by atoms with E-state index >= 15 is 0 Å². The third-order valence-electron chi connectivity index (χ3n) is 3.57. The lowest BCUT2D eigenvalue weighted by atomic mass is 10.1. The van der Waals surface area contributed by atoms with E-state index in [1.807, 2.05) is 0 Å². The van der Waals surface area contributed by atoms with Gasteiger partial charge in [-0.1, -0.05) is 12.1 Å². The summed E-state index contributed by atoms with van der Waals surface area (Å²) in [5.41, 5.74) is 1.11. The van der Waals surface area contributed by atoms with Crippen molar-refractivity contribution < 1.29 is 27.1 Å². The molecule has 2 aromatic heterocycles. The molecule has 0 aliphatic rings. The van der Waals surface area contributed by atoms with Crippen molar-refractivity contribution in [3.8, 4) is 10.6 Å². The van der Waals surface area contributed by atoms with Crippen molar-refractivity contribution in [1.29, 1.82) is 0 Å².